The minimum atomic E-state index is 0.0781. The normalized spacial score (nSPS) is 15.1. The molecule has 0 aromatic rings. The fraction of sp³-hybridized carbons (Fsp3) is 0.909. The molecule has 0 aromatic heterocycles. The molecule has 0 aliphatic heterocycles. The van der Waals surface area contributed by atoms with Crippen LogP contribution in [0.3, 0.4) is 0 Å². The van der Waals surface area contributed by atoms with Gasteiger partial charge in [-0.1, -0.05) is 0 Å². The van der Waals surface area contributed by atoms with Gasteiger partial charge in [0.2, 0.25) is 5.91 Å². The molecule has 1 fully saturated rings. The van der Waals surface area contributed by atoms with Crippen molar-refractivity contribution in [2.75, 3.05) is 32.9 Å². The molecule has 3 N–H and O–H groups in total. The van der Waals surface area contributed by atoms with Gasteiger partial charge in [0.1, 0.15) is 0 Å². The van der Waals surface area contributed by atoms with Crippen LogP contribution < -0.4 is 10.6 Å². The van der Waals surface area contributed by atoms with Gasteiger partial charge in [0, 0.05) is 25.6 Å². The van der Waals surface area contributed by atoms with Gasteiger partial charge < -0.3 is 20.5 Å². The number of ether oxygens (including phenoxy) is 1. The molecule has 1 aliphatic rings. The second-order valence-corrected chi connectivity index (χ2v) is 4.03. The molecule has 1 saturated carbocycles. The van der Waals surface area contributed by atoms with Crippen LogP contribution in [0.5, 0.6) is 0 Å². The highest BCUT2D eigenvalue weighted by Crippen LogP contribution is 2.18. The van der Waals surface area contributed by atoms with Crippen LogP contribution in [0.15, 0.2) is 0 Å². The summed E-state index contributed by atoms with van der Waals surface area (Å²) in [5, 5.41) is 14.6. The highest BCUT2D eigenvalue weighted by Gasteiger charge is 2.22. The van der Waals surface area contributed by atoms with Gasteiger partial charge in [-0.05, 0) is 25.8 Å². The number of aliphatic hydroxyl groups is 1. The minimum absolute atomic E-state index is 0.0781. The van der Waals surface area contributed by atoms with Crippen molar-refractivity contribution in [3.63, 3.8) is 0 Å². The number of nitrogens with one attached hydrogen (secondary N) is 2. The van der Waals surface area contributed by atoms with Crippen molar-refractivity contribution in [2.24, 2.45) is 0 Å². The lowest BCUT2D eigenvalue weighted by atomic mass is 10.3. The third-order valence-corrected chi connectivity index (χ3v) is 2.35. The van der Waals surface area contributed by atoms with Crippen molar-refractivity contribution < 1.29 is 14.6 Å². The molecule has 1 aliphatic carbocycles. The van der Waals surface area contributed by atoms with Gasteiger partial charge in [-0.2, -0.15) is 0 Å². The lowest BCUT2D eigenvalue weighted by Gasteiger charge is -2.05. The molecule has 5 heteroatoms. The van der Waals surface area contributed by atoms with Crippen LogP contribution >= 0.6 is 0 Å². The van der Waals surface area contributed by atoms with Crippen molar-refractivity contribution in [1.29, 1.82) is 0 Å². The number of hydrogen-bond donors (Lipinski definition) is 3. The smallest absolute Gasteiger partial charge is 0.221 e. The lowest BCUT2D eigenvalue weighted by Crippen LogP contribution is -2.29. The molecule has 5 nitrogen and oxygen atoms in total. The third kappa shape index (κ3) is 7.62. The Morgan fingerprint density at radius 1 is 1.31 bits per heavy atom. The van der Waals surface area contributed by atoms with Crippen LogP contribution in [-0.4, -0.2) is 50.0 Å². The first-order valence-electron chi connectivity index (χ1n) is 6.01. The van der Waals surface area contributed by atoms with Crippen molar-refractivity contribution in [3.8, 4) is 0 Å². The van der Waals surface area contributed by atoms with E-state index in [1.807, 2.05) is 0 Å². The molecule has 1 amide bonds. The zero-order valence-electron chi connectivity index (χ0n) is 9.71. The van der Waals surface area contributed by atoms with Crippen LogP contribution in [0.25, 0.3) is 0 Å². The first kappa shape index (κ1) is 13.4. The summed E-state index contributed by atoms with van der Waals surface area (Å²) < 4.78 is 5.10. The summed E-state index contributed by atoms with van der Waals surface area (Å²) in [5.41, 5.74) is 0. The van der Waals surface area contributed by atoms with Crippen LogP contribution in [0.2, 0.25) is 0 Å². The summed E-state index contributed by atoms with van der Waals surface area (Å²) >= 11 is 0. The Labute approximate surface area is 96.6 Å². The summed E-state index contributed by atoms with van der Waals surface area (Å²) in [6, 6.07) is 0.458. The topological polar surface area (TPSA) is 70.6 Å². The summed E-state index contributed by atoms with van der Waals surface area (Å²) in [5.74, 6) is 0.145. The van der Waals surface area contributed by atoms with Crippen molar-refractivity contribution in [3.05, 3.63) is 0 Å². The maximum atomic E-state index is 11.3. The highest BCUT2D eigenvalue weighted by atomic mass is 16.5. The minimum Gasteiger partial charge on any atom is -0.394 e. The fourth-order valence-electron chi connectivity index (χ4n) is 1.32. The third-order valence-electron chi connectivity index (χ3n) is 2.35. The molecule has 0 heterocycles. The van der Waals surface area contributed by atoms with Gasteiger partial charge in [0.25, 0.3) is 0 Å². The Bertz CT molecular complexity index is 196. The Morgan fingerprint density at radius 2 is 2.12 bits per heavy atom. The highest BCUT2D eigenvalue weighted by molar-refractivity contribution is 5.76. The zero-order valence-corrected chi connectivity index (χ0v) is 9.71. The monoisotopic (exact) mass is 230 g/mol. The quantitative estimate of drug-likeness (QED) is 0.448. The Balaban J connectivity index is 1.75. The first-order valence-corrected chi connectivity index (χ1v) is 6.01. The summed E-state index contributed by atoms with van der Waals surface area (Å²) in [7, 11) is 0. The first-order chi connectivity index (χ1) is 7.83. The van der Waals surface area contributed by atoms with Gasteiger partial charge in [0.15, 0.2) is 0 Å². The molecule has 0 aromatic carbocycles. The molecule has 0 spiro atoms. The molecule has 0 bridgehead atoms. The largest absolute Gasteiger partial charge is 0.394 e. The van der Waals surface area contributed by atoms with Gasteiger partial charge in [-0.25, -0.2) is 0 Å². The van der Waals surface area contributed by atoms with Crippen molar-refractivity contribution >= 4 is 5.91 Å². The average Bonchev–Trinajstić information content (AvgIpc) is 3.06. The van der Waals surface area contributed by atoms with Gasteiger partial charge >= 0.3 is 0 Å². The summed E-state index contributed by atoms with van der Waals surface area (Å²) in [4.78, 5) is 11.3. The SMILES string of the molecule is O=C(CCNCCCOCCO)NC1CC1. The number of carbonyl (C=O) groups is 1. The molecule has 0 radical (unpaired) electrons. The van der Waals surface area contributed by atoms with Crippen LogP contribution in [-0.2, 0) is 9.53 Å². The van der Waals surface area contributed by atoms with Crippen molar-refractivity contribution in [1.82, 2.24) is 10.6 Å². The molecule has 94 valence electrons. The Kier molecular flexibility index (Phi) is 7.12. The number of rotatable bonds is 10. The fourth-order valence-corrected chi connectivity index (χ4v) is 1.32. The van der Waals surface area contributed by atoms with Gasteiger partial charge in [-0.3, -0.25) is 4.79 Å². The predicted molar refractivity (Wildman–Crippen MR) is 61.2 cm³/mol. The summed E-state index contributed by atoms with van der Waals surface area (Å²) in [6.07, 6.45) is 3.74. The van der Waals surface area contributed by atoms with E-state index in [1.54, 1.807) is 0 Å². The molecule has 16 heavy (non-hydrogen) atoms. The van der Waals surface area contributed by atoms with Crippen molar-refractivity contribution in [2.45, 2.75) is 31.7 Å². The van der Waals surface area contributed by atoms with Crippen LogP contribution in [0.1, 0.15) is 25.7 Å². The van der Waals surface area contributed by atoms with Gasteiger partial charge in [-0.15, -0.1) is 0 Å². The van der Waals surface area contributed by atoms with E-state index in [-0.39, 0.29) is 12.5 Å². The standard InChI is InChI=1S/C11H22N2O3/c14-7-9-16-8-1-5-12-6-4-11(15)13-10-2-3-10/h10,12,14H,1-9H2,(H,13,15). The molecular weight excluding hydrogens is 208 g/mol. The van der Waals surface area contributed by atoms with E-state index in [4.69, 9.17) is 9.84 Å². The van der Waals surface area contributed by atoms with E-state index in [2.05, 4.69) is 10.6 Å². The molecule has 0 saturated heterocycles. The zero-order chi connectivity index (χ0) is 11.6. The summed E-state index contributed by atoms with van der Waals surface area (Å²) in [6.45, 7) is 2.71. The maximum Gasteiger partial charge on any atom is 0.221 e. The lowest BCUT2D eigenvalue weighted by molar-refractivity contribution is -0.121. The van der Waals surface area contributed by atoms with E-state index in [0.717, 1.165) is 32.4 Å². The van der Waals surface area contributed by atoms with E-state index < -0.39 is 0 Å². The Hall–Kier alpha value is -0.650. The van der Waals surface area contributed by atoms with E-state index >= 15 is 0 Å². The number of aliphatic hydroxyl groups excluding tert-OH is 1. The maximum absolute atomic E-state index is 11.3. The molecular formula is C11H22N2O3. The second kappa shape index (κ2) is 8.50. The second-order valence-electron chi connectivity index (χ2n) is 4.03. The average molecular weight is 230 g/mol. The van der Waals surface area contributed by atoms with Crippen LogP contribution in [0, 0.1) is 0 Å². The Morgan fingerprint density at radius 3 is 2.81 bits per heavy atom. The van der Waals surface area contributed by atoms with E-state index in [9.17, 15) is 4.79 Å². The van der Waals surface area contributed by atoms with Crippen LogP contribution in [0.4, 0.5) is 0 Å². The predicted octanol–water partition coefficient (Wildman–Crippen LogP) is -0.356. The molecule has 0 unspecified atom stereocenters. The number of amides is 1. The number of carbonyl (C=O) groups excluding carboxylic acids is 1. The molecule has 1 rings (SSSR count). The van der Waals surface area contributed by atoms with E-state index in [0.29, 0.717) is 25.7 Å². The van der Waals surface area contributed by atoms with E-state index in [1.165, 1.54) is 0 Å². The van der Waals surface area contributed by atoms with Gasteiger partial charge in [0.05, 0.1) is 13.2 Å². The molecule has 0 atom stereocenters. The number of hydrogen-bond acceptors (Lipinski definition) is 4.